The fourth-order valence-electron chi connectivity index (χ4n) is 3.83. The molecule has 2 aromatic rings. The second-order valence-electron chi connectivity index (χ2n) is 6.53. The lowest BCUT2D eigenvalue weighted by atomic mass is 10.0. The van der Waals surface area contributed by atoms with Gasteiger partial charge in [-0.3, -0.25) is 0 Å². The van der Waals surface area contributed by atoms with Crippen molar-refractivity contribution in [1.82, 2.24) is 15.4 Å². The predicted molar refractivity (Wildman–Crippen MR) is 92.6 cm³/mol. The van der Waals surface area contributed by atoms with Crippen molar-refractivity contribution in [3.8, 4) is 5.88 Å². The van der Waals surface area contributed by atoms with Gasteiger partial charge in [0.25, 0.3) is 5.88 Å². The molecule has 9 heteroatoms. The number of anilines is 1. The Bertz CT molecular complexity index is 798. The zero-order valence-corrected chi connectivity index (χ0v) is 14.7. The average Bonchev–Trinajstić information content (AvgIpc) is 3.24. The Morgan fingerprint density at radius 2 is 1.96 bits per heavy atom. The highest BCUT2D eigenvalue weighted by Crippen LogP contribution is 2.42. The molecular formula is C16H16Cl2N4O3. The molecule has 25 heavy (non-hydrogen) atoms. The number of carboxylic acid groups (broad SMARTS) is 1. The number of benzene rings is 1. The van der Waals surface area contributed by atoms with E-state index in [1.807, 2.05) is 18.2 Å². The molecule has 0 spiro atoms. The van der Waals surface area contributed by atoms with Crippen LogP contribution >= 0.6 is 23.2 Å². The molecule has 0 radical (unpaired) electrons. The molecule has 7 nitrogen and oxygen atoms in total. The van der Waals surface area contributed by atoms with Gasteiger partial charge in [0.15, 0.2) is 0 Å². The monoisotopic (exact) mass is 382 g/mol. The first-order chi connectivity index (χ1) is 12.0. The number of halogens is 2. The lowest BCUT2D eigenvalue weighted by molar-refractivity contribution is 0.0682. The number of aromatic carboxylic acids is 1. The number of fused-ring (bicyclic) bond motifs is 1. The van der Waals surface area contributed by atoms with Crippen LogP contribution in [0, 0.1) is 11.8 Å². The Morgan fingerprint density at radius 3 is 2.60 bits per heavy atom. The molecule has 132 valence electrons. The van der Waals surface area contributed by atoms with Crippen LogP contribution < -0.4 is 9.64 Å². The van der Waals surface area contributed by atoms with Crippen LogP contribution in [-0.2, 0) is 0 Å². The molecule has 3 atom stereocenters. The van der Waals surface area contributed by atoms with Crippen LogP contribution in [0.15, 0.2) is 18.2 Å². The largest absolute Gasteiger partial charge is 0.476 e. The van der Waals surface area contributed by atoms with Crippen LogP contribution in [0.25, 0.3) is 0 Å². The molecule has 2 fully saturated rings. The molecule has 2 aliphatic rings. The van der Waals surface area contributed by atoms with Crippen molar-refractivity contribution in [1.29, 1.82) is 0 Å². The summed E-state index contributed by atoms with van der Waals surface area (Å²) in [5.74, 6) is -0.0536. The summed E-state index contributed by atoms with van der Waals surface area (Å²) in [5, 5.41) is 19.8. The number of aromatic nitrogens is 3. The highest BCUT2D eigenvalue weighted by Gasteiger charge is 2.42. The van der Waals surface area contributed by atoms with Crippen molar-refractivity contribution in [3.63, 3.8) is 0 Å². The number of aromatic amines is 1. The molecule has 2 N–H and O–H groups in total. The fraction of sp³-hybridized carbons (Fsp3) is 0.438. The molecule has 1 aliphatic heterocycles. The van der Waals surface area contributed by atoms with Gasteiger partial charge < -0.3 is 14.7 Å². The number of rotatable bonds is 4. The number of ether oxygens (including phenoxy) is 1. The van der Waals surface area contributed by atoms with E-state index in [2.05, 4.69) is 20.3 Å². The van der Waals surface area contributed by atoms with Crippen molar-refractivity contribution >= 4 is 34.9 Å². The highest BCUT2D eigenvalue weighted by molar-refractivity contribution is 6.42. The zero-order valence-electron chi connectivity index (χ0n) is 13.2. The third kappa shape index (κ3) is 3.14. The molecular weight excluding hydrogens is 367 g/mol. The van der Waals surface area contributed by atoms with E-state index in [9.17, 15) is 4.79 Å². The van der Waals surface area contributed by atoms with E-state index >= 15 is 0 Å². The Hall–Kier alpha value is -1.99. The minimum absolute atomic E-state index is 0.0332. The SMILES string of the molecule is O=C(O)c1[nH]nnc1O[C@@H]1CC2CN(c3ccc(Cl)c(Cl)c3)C[C@H]2C1. The molecule has 1 saturated carbocycles. The quantitative estimate of drug-likeness (QED) is 0.843. The van der Waals surface area contributed by atoms with Gasteiger partial charge in [-0.2, -0.15) is 0 Å². The fourth-order valence-corrected chi connectivity index (χ4v) is 4.12. The Labute approximate surface area is 153 Å². The number of nitrogens with one attached hydrogen (secondary N) is 1. The molecule has 4 rings (SSSR count). The van der Waals surface area contributed by atoms with Gasteiger partial charge in [-0.25, -0.2) is 9.89 Å². The maximum atomic E-state index is 11.1. The van der Waals surface area contributed by atoms with Gasteiger partial charge in [-0.15, -0.1) is 0 Å². The Balaban J connectivity index is 1.39. The normalized spacial score (nSPS) is 25.2. The van der Waals surface area contributed by atoms with Crippen molar-refractivity contribution in [3.05, 3.63) is 33.9 Å². The van der Waals surface area contributed by atoms with Gasteiger partial charge in [0.1, 0.15) is 6.10 Å². The van der Waals surface area contributed by atoms with E-state index in [0.29, 0.717) is 21.9 Å². The summed E-state index contributed by atoms with van der Waals surface area (Å²) in [7, 11) is 0. The summed E-state index contributed by atoms with van der Waals surface area (Å²) >= 11 is 12.1. The first-order valence-electron chi connectivity index (χ1n) is 8.02. The molecule has 2 heterocycles. The second kappa shape index (κ2) is 6.38. The number of H-pyrrole nitrogens is 1. The third-order valence-corrected chi connectivity index (χ3v) is 5.72. The summed E-state index contributed by atoms with van der Waals surface area (Å²) in [6.45, 7) is 1.85. The zero-order chi connectivity index (χ0) is 17.6. The first kappa shape index (κ1) is 16.5. The summed E-state index contributed by atoms with van der Waals surface area (Å²) in [5.41, 5.74) is 0.973. The molecule has 1 unspecified atom stereocenters. The lowest BCUT2D eigenvalue weighted by Crippen LogP contribution is -2.24. The number of hydrogen-bond acceptors (Lipinski definition) is 5. The van der Waals surface area contributed by atoms with Crippen LogP contribution in [0.5, 0.6) is 5.88 Å². The van der Waals surface area contributed by atoms with E-state index < -0.39 is 5.97 Å². The third-order valence-electron chi connectivity index (χ3n) is 4.98. The number of nitrogens with zero attached hydrogens (tertiary/aromatic N) is 3. The van der Waals surface area contributed by atoms with E-state index in [4.69, 9.17) is 33.0 Å². The van der Waals surface area contributed by atoms with Crippen LogP contribution in [0.3, 0.4) is 0 Å². The molecule has 1 saturated heterocycles. The maximum absolute atomic E-state index is 11.1. The number of hydrogen-bond donors (Lipinski definition) is 2. The molecule has 0 amide bonds. The summed E-state index contributed by atoms with van der Waals surface area (Å²) in [6.07, 6.45) is 1.71. The number of carboxylic acids is 1. The van der Waals surface area contributed by atoms with Gasteiger partial charge in [-0.1, -0.05) is 33.5 Å². The maximum Gasteiger partial charge on any atom is 0.359 e. The van der Waals surface area contributed by atoms with Gasteiger partial charge >= 0.3 is 5.97 Å². The van der Waals surface area contributed by atoms with Crippen molar-refractivity contribution < 1.29 is 14.6 Å². The van der Waals surface area contributed by atoms with Gasteiger partial charge in [0, 0.05) is 18.8 Å². The lowest BCUT2D eigenvalue weighted by Gasteiger charge is -2.21. The minimum Gasteiger partial charge on any atom is -0.476 e. The van der Waals surface area contributed by atoms with E-state index in [1.54, 1.807) is 0 Å². The molecule has 1 aromatic carbocycles. The Morgan fingerprint density at radius 1 is 1.24 bits per heavy atom. The summed E-state index contributed by atoms with van der Waals surface area (Å²) in [4.78, 5) is 13.4. The Kier molecular flexibility index (Phi) is 4.21. The van der Waals surface area contributed by atoms with E-state index in [-0.39, 0.29) is 17.7 Å². The molecule has 0 bridgehead atoms. The van der Waals surface area contributed by atoms with Crippen molar-refractivity contribution in [2.75, 3.05) is 18.0 Å². The summed E-state index contributed by atoms with van der Waals surface area (Å²) < 4.78 is 5.78. The molecule has 1 aliphatic carbocycles. The van der Waals surface area contributed by atoms with Crippen LogP contribution in [-0.4, -0.2) is 45.7 Å². The summed E-state index contributed by atoms with van der Waals surface area (Å²) in [6, 6.07) is 5.70. The molecule has 1 aromatic heterocycles. The van der Waals surface area contributed by atoms with Gasteiger partial charge in [0.05, 0.1) is 10.0 Å². The average molecular weight is 383 g/mol. The smallest absolute Gasteiger partial charge is 0.359 e. The van der Waals surface area contributed by atoms with Crippen LogP contribution in [0.4, 0.5) is 5.69 Å². The highest BCUT2D eigenvalue weighted by atomic mass is 35.5. The van der Waals surface area contributed by atoms with Crippen LogP contribution in [0.1, 0.15) is 23.3 Å². The van der Waals surface area contributed by atoms with Crippen molar-refractivity contribution in [2.24, 2.45) is 11.8 Å². The van der Waals surface area contributed by atoms with E-state index in [0.717, 1.165) is 31.6 Å². The van der Waals surface area contributed by atoms with Crippen LogP contribution in [0.2, 0.25) is 10.0 Å². The number of carbonyl (C=O) groups is 1. The topological polar surface area (TPSA) is 91.3 Å². The second-order valence-corrected chi connectivity index (χ2v) is 7.35. The van der Waals surface area contributed by atoms with Gasteiger partial charge in [-0.05, 0) is 42.9 Å². The standard InChI is InChI=1S/C16H16Cl2N4O3/c17-12-2-1-10(5-13(12)18)22-6-8-3-11(4-9(8)7-22)25-15-14(16(23)24)19-21-20-15/h1-2,5,8-9,11H,3-4,6-7H2,(H,23,24)(H,19,20,21)/t8-,9?,11+/m1/s1. The van der Waals surface area contributed by atoms with Crippen molar-refractivity contribution in [2.45, 2.75) is 18.9 Å². The van der Waals surface area contributed by atoms with Gasteiger partial charge in [0.2, 0.25) is 5.69 Å². The first-order valence-corrected chi connectivity index (χ1v) is 8.78. The van der Waals surface area contributed by atoms with E-state index in [1.165, 1.54) is 0 Å². The minimum atomic E-state index is -1.12. The predicted octanol–water partition coefficient (Wildman–Crippen LogP) is 3.10.